The smallest absolute Gasteiger partial charge is 0.316 e. The van der Waals surface area contributed by atoms with Crippen LogP contribution in [0.15, 0.2) is 0 Å². The first-order valence-corrected chi connectivity index (χ1v) is 5.69. The zero-order valence-electron chi connectivity index (χ0n) is 8.25. The molecule has 0 N–H and O–H groups in total. The molecular formula is C10H16ClNO2. The van der Waals surface area contributed by atoms with Crippen molar-refractivity contribution in [1.29, 1.82) is 0 Å². The van der Waals surface area contributed by atoms with Crippen LogP contribution in [0.1, 0.15) is 25.7 Å². The van der Waals surface area contributed by atoms with Crippen molar-refractivity contribution in [3.8, 4) is 0 Å². The van der Waals surface area contributed by atoms with Gasteiger partial charge < -0.3 is 9.64 Å². The average Bonchev–Trinajstić information content (AvgIpc) is 2.99. The second-order valence-electron chi connectivity index (χ2n) is 4.19. The summed E-state index contributed by atoms with van der Waals surface area (Å²) in [6, 6.07) is 0.433. The lowest BCUT2D eigenvalue weighted by molar-refractivity contribution is 0.0570. The molecule has 1 amide bonds. The Kier molecular flexibility index (Phi) is 3.29. The van der Waals surface area contributed by atoms with E-state index in [0.717, 1.165) is 45.4 Å². The third kappa shape index (κ3) is 2.61. The van der Waals surface area contributed by atoms with Crippen molar-refractivity contribution in [2.45, 2.75) is 31.7 Å². The molecule has 1 aliphatic carbocycles. The molecule has 0 radical (unpaired) electrons. The molecule has 2 aliphatic rings. The molecule has 0 bridgehead atoms. The van der Waals surface area contributed by atoms with Crippen LogP contribution in [0.4, 0.5) is 4.79 Å². The molecule has 3 nitrogen and oxygen atoms in total. The molecule has 14 heavy (non-hydrogen) atoms. The van der Waals surface area contributed by atoms with Crippen LogP contribution in [0.3, 0.4) is 0 Å². The highest BCUT2D eigenvalue weighted by molar-refractivity contribution is 6.62. The third-order valence-corrected chi connectivity index (χ3v) is 3.23. The largest absolute Gasteiger partial charge is 0.381 e. The van der Waals surface area contributed by atoms with Gasteiger partial charge in [0.2, 0.25) is 0 Å². The number of rotatable bonds is 3. The number of hydrogen-bond acceptors (Lipinski definition) is 2. The monoisotopic (exact) mass is 217 g/mol. The van der Waals surface area contributed by atoms with Crippen LogP contribution in [0.25, 0.3) is 0 Å². The van der Waals surface area contributed by atoms with Crippen molar-refractivity contribution >= 4 is 17.0 Å². The lowest BCUT2D eigenvalue weighted by Gasteiger charge is -2.28. The minimum absolute atomic E-state index is 0.279. The first-order chi connectivity index (χ1) is 6.77. The number of carbonyl (C=O) groups is 1. The highest BCUT2D eigenvalue weighted by Gasteiger charge is 2.33. The quantitative estimate of drug-likeness (QED) is 0.536. The van der Waals surface area contributed by atoms with Crippen molar-refractivity contribution in [3.05, 3.63) is 0 Å². The van der Waals surface area contributed by atoms with Gasteiger partial charge >= 0.3 is 5.37 Å². The van der Waals surface area contributed by atoms with Gasteiger partial charge in [0.25, 0.3) is 0 Å². The Labute approximate surface area is 89.4 Å². The molecule has 4 heteroatoms. The summed E-state index contributed by atoms with van der Waals surface area (Å²) in [6.07, 6.45) is 4.38. The summed E-state index contributed by atoms with van der Waals surface area (Å²) in [6.45, 7) is 2.50. The maximum atomic E-state index is 11.2. The Morgan fingerprint density at radius 2 is 1.93 bits per heavy atom. The maximum absolute atomic E-state index is 11.2. The SMILES string of the molecule is O=C(Cl)N(CC1CCOCC1)C1CC1. The summed E-state index contributed by atoms with van der Waals surface area (Å²) < 4.78 is 5.28. The van der Waals surface area contributed by atoms with Crippen molar-refractivity contribution in [2.75, 3.05) is 19.8 Å². The van der Waals surface area contributed by atoms with Crippen LogP contribution in [0.5, 0.6) is 0 Å². The van der Waals surface area contributed by atoms with E-state index >= 15 is 0 Å². The second-order valence-corrected chi connectivity index (χ2v) is 4.52. The zero-order chi connectivity index (χ0) is 9.97. The van der Waals surface area contributed by atoms with E-state index in [9.17, 15) is 4.79 Å². The summed E-state index contributed by atoms with van der Waals surface area (Å²) in [5, 5.41) is -0.279. The lowest BCUT2D eigenvalue weighted by atomic mass is 10.00. The van der Waals surface area contributed by atoms with Gasteiger partial charge in [-0.05, 0) is 43.2 Å². The van der Waals surface area contributed by atoms with Gasteiger partial charge in [-0.1, -0.05) is 0 Å². The molecule has 2 rings (SSSR count). The fourth-order valence-electron chi connectivity index (χ4n) is 1.96. The van der Waals surface area contributed by atoms with E-state index in [4.69, 9.17) is 16.3 Å². The number of carbonyl (C=O) groups excluding carboxylic acids is 1. The first-order valence-electron chi connectivity index (χ1n) is 5.31. The van der Waals surface area contributed by atoms with Crippen LogP contribution in [0, 0.1) is 5.92 Å². The fourth-order valence-corrected chi connectivity index (χ4v) is 2.16. The van der Waals surface area contributed by atoms with E-state index in [-0.39, 0.29) is 5.37 Å². The Hall–Kier alpha value is -0.280. The van der Waals surface area contributed by atoms with E-state index in [1.54, 1.807) is 0 Å². The Balaban J connectivity index is 1.82. The van der Waals surface area contributed by atoms with Crippen LogP contribution in [0.2, 0.25) is 0 Å². The summed E-state index contributed by atoms with van der Waals surface area (Å²) >= 11 is 5.55. The Morgan fingerprint density at radius 3 is 2.43 bits per heavy atom. The van der Waals surface area contributed by atoms with Crippen LogP contribution < -0.4 is 0 Å². The Bertz CT molecular complexity index is 212. The van der Waals surface area contributed by atoms with E-state index < -0.39 is 0 Å². The van der Waals surface area contributed by atoms with Gasteiger partial charge in [-0.3, -0.25) is 4.79 Å². The van der Waals surface area contributed by atoms with Gasteiger partial charge in [0.05, 0.1) is 0 Å². The summed E-state index contributed by atoms with van der Waals surface area (Å²) in [7, 11) is 0. The number of hydrogen-bond donors (Lipinski definition) is 0. The molecule has 1 aliphatic heterocycles. The van der Waals surface area contributed by atoms with Crippen molar-refractivity contribution in [3.63, 3.8) is 0 Å². The van der Waals surface area contributed by atoms with E-state index in [2.05, 4.69) is 0 Å². The van der Waals surface area contributed by atoms with Gasteiger partial charge in [-0.2, -0.15) is 0 Å². The van der Waals surface area contributed by atoms with E-state index in [1.165, 1.54) is 0 Å². The molecule has 0 aromatic carbocycles. The minimum Gasteiger partial charge on any atom is -0.381 e. The van der Waals surface area contributed by atoms with Crippen molar-refractivity contribution in [2.24, 2.45) is 5.92 Å². The predicted octanol–water partition coefficient (Wildman–Crippen LogP) is 2.24. The molecule has 1 saturated carbocycles. The molecule has 0 unspecified atom stereocenters. The van der Waals surface area contributed by atoms with E-state index in [0.29, 0.717) is 12.0 Å². The summed E-state index contributed by atoms with van der Waals surface area (Å²) in [5.41, 5.74) is 0. The lowest BCUT2D eigenvalue weighted by Crippen LogP contribution is -2.35. The minimum atomic E-state index is -0.279. The summed E-state index contributed by atoms with van der Waals surface area (Å²) in [5.74, 6) is 0.590. The van der Waals surface area contributed by atoms with Crippen LogP contribution in [-0.4, -0.2) is 36.1 Å². The second kappa shape index (κ2) is 4.49. The van der Waals surface area contributed by atoms with Gasteiger partial charge in [0.1, 0.15) is 0 Å². The zero-order valence-corrected chi connectivity index (χ0v) is 9.00. The Morgan fingerprint density at radius 1 is 1.29 bits per heavy atom. The van der Waals surface area contributed by atoms with Crippen molar-refractivity contribution in [1.82, 2.24) is 4.90 Å². The molecule has 0 spiro atoms. The van der Waals surface area contributed by atoms with Crippen LogP contribution in [-0.2, 0) is 4.74 Å². The maximum Gasteiger partial charge on any atom is 0.316 e. The highest BCUT2D eigenvalue weighted by atomic mass is 35.5. The normalized spacial score (nSPS) is 23.5. The van der Waals surface area contributed by atoms with Gasteiger partial charge in [0.15, 0.2) is 0 Å². The topological polar surface area (TPSA) is 29.5 Å². The number of nitrogens with zero attached hydrogens (tertiary/aromatic N) is 1. The van der Waals surface area contributed by atoms with Gasteiger partial charge in [-0.25, -0.2) is 0 Å². The molecule has 1 saturated heterocycles. The highest BCUT2D eigenvalue weighted by Crippen LogP contribution is 2.30. The van der Waals surface area contributed by atoms with Crippen molar-refractivity contribution < 1.29 is 9.53 Å². The molecule has 0 atom stereocenters. The standard InChI is InChI=1S/C10H16ClNO2/c11-10(13)12(9-1-2-9)7-8-3-5-14-6-4-8/h8-9H,1-7H2. The molecule has 0 aromatic rings. The summed E-state index contributed by atoms with van der Waals surface area (Å²) in [4.78, 5) is 13.0. The molecule has 0 aromatic heterocycles. The third-order valence-electron chi connectivity index (χ3n) is 3.01. The molecule has 1 heterocycles. The molecular weight excluding hydrogens is 202 g/mol. The molecule has 80 valence electrons. The number of ether oxygens (including phenoxy) is 1. The molecule has 2 fully saturated rings. The van der Waals surface area contributed by atoms with Gasteiger partial charge in [0, 0.05) is 25.8 Å². The fraction of sp³-hybridized carbons (Fsp3) is 0.900. The number of amides is 1. The van der Waals surface area contributed by atoms with E-state index in [1.807, 2.05) is 4.90 Å². The number of halogens is 1. The first kappa shape index (κ1) is 10.2. The average molecular weight is 218 g/mol. The van der Waals surface area contributed by atoms with Gasteiger partial charge in [-0.15, -0.1) is 0 Å². The predicted molar refractivity (Wildman–Crippen MR) is 54.5 cm³/mol. The van der Waals surface area contributed by atoms with Crippen LogP contribution >= 0.6 is 11.6 Å².